The molecule has 2 N–H and O–H groups in total. The maximum Gasteiger partial charge on any atom is 0.193 e. The van der Waals surface area contributed by atoms with Crippen LogP contribution in [0.2, 0.25) is 20.1 Å². The summed E-state index contributed by atoms with van der Waals surface area (Å²) < 4.78 is 11.8. The standard InChI is InChI=1S/C32H20Cl2O4.C13H8Cl2O.C6H6O2/c33-25-9-1-21(2-10-25)31(35)23-5-13-27(14-6-23)37-29-17-19-30(20-18-29)38-28-15-7-24(8-16-28)32(36)22-3-11-26(34)12-4-22;14-11-5-1-9(2-6-11)13(16)10-3-7-12(15)8-4-10;7-5-1-2-6(8)4-3-5/h1-20H;1-8H;1-4,7-8H. The lowest BCUT2D eigenvalue weighted by Crippen LogP contribution is -2.00. The van der Waals surface area contributed by atoms with Gasteiger partial charge in [0.1, 0.15) is 34.5 Å². The van der Waals surface area contributed by atoms with E-state index in [1.807, 2.05) is 0 Å². The van der Waals surface area contributed by atoms with E-state index in [0.717, 1.165) is 0 Å². The van der Waals surface area contributed by atoms with Crippen LogP contribution >= 0.6 is 46.4 Å². The minimum atomic E-state index is -0.0860. The molecule has 0 aliphatic heterocycles. The maximum absolute atomic E-state index is 12.6. The predicted molar refractivity (Wildman–Crippen MR) is 245 cm³/mol. The molecule has 0 aliphatic carbocycles. The zero-order valence-electron chi connectivity index (χ0n) is 32.4. The first-order chi connectivity index (χ1) is 29.9. The summed E-state index contributed by atoms with van der Waals surface area (Å²) in [5, 5.41) is 19.7. The molecular formula is C51H34Cl4O7. The van der Waals surface area contributed by atoms with E-state index in [4.69, 9.17) is 66.1 Å². The number of ketones is 3. The van der Waals surface area contributed by atoms with Gasteiger partial charge in [0.25, 0.3) is 0 Å². The largest absolute Gasteiger partial charge is 0.508 e. The average molecular weight is 901 g/mol. The molecule has 11 heteroatoms. The zero-order chi connectivity index (χ0) is 44.0. The Balaban J connectivity index is 0.000000217. The Morgan fingerprint density at radius 3 is 0.629 bits per heavy atom. The van der Waals surface area contributed by atoms with Gasteiger partial charge in [0.05, 0.1) is 0 Å². The fourth-order valence-corrected chi connectivity index (χ4v) is 6.06. The fraction of sp³-hybridized carbons (Fsp3) is 0. The highest BCUT2D eigenvalue weighted by molar-refractivity contribution is 6.31. The SMILES string of the molecule is O=C(c1ccc(Cl)cc1)c1ccc(Cl)cc1.O=C(c1ccc(Cl)cc1)c1ccc(Oc2ccc(Oc3ccc(C(=O)c4ccc(Cl)cc4)cc3)cc2)cc1.Oc1ccc(O)cc1. The van der Waals surface area contributed by atoms with Gasteiger partial charge < -0.3 is 19.7 Å². The number of carbonyl (C=O) groups excluding carboxylic acids is 3. The molecule has 8 rings (SSSR count). The molecule has 0 bridgehead atoms. The Morgan fingerprint density at radius 1 is 0.274 bits per heavy atom. The summed E-state index contributed by atoms with van der Waals surface area (Å²) in [4.78, 5) is 37.2. The smallest absolute Gasteiger partial charge is 0.193 e. The quantitative estimate of drug-likeness (QED) is 0.104. The van der Waals surface area contributed by atoms with Crippen LogP contribution < -0.4 is 9.47 Å². The van der Waals surface area contributed by atoms with E-state index >= 15 is 0 Å². The first-order valence-electron chi connectivity index (χ1n) is 18.7. The average Bonchev–Trinajstić information content (AvgIpc) is 3.29. The molecule has 0 fully saturated rings. The molecule has 0 atom stereocenters. The molecule has 0 aromatic heterocycles. The number of carbonyl (C=O) groups is 3. The number of phenolic OH excluding ortho intramolecular Hbond substituents is 2. The third-order valence-corrected chi connectivity index (χ3v) is 9.81. The molecule has 308 valence electrons. The first kappa shape index (κ1) is 44.7. The molecule has 0 aliphatic rings. The van der Waals surface area contributed by atoms with Crippen molar-refractivity contribution in [3.8, 4) is 34.5 Å². The van der Waals surface area contributed by atoms with Crippen LogP contribution in [0.4, 0.5) is 0 Å². The van der Waals surface area contributed by atoms with Gasteiger partial charge in [-0.1, -0.05) is 46.4 Å². The van der Waals surface area contributed by atoms with E-state index < -0.39 is 0 Å². The van der Waals surface area contributed by atoms with E-state index in [-0.39, 0.29) is 28.8 Å². The Morgan fingerprint density at radius 2 is 0.435 bits per heavy atom. The van der Waals surface area contributed by atoms with E-state index in [1.165, 1.54) is 24.3 Å². The van der Waals surface area contributed by atoms with Crippen LogP contribution in [0.15, 0.2) is 194 Å². The van der Waals surface area contributed by atoms with Gasteiger partial charge in [0, 0.05) is 53.5 Å². The molecule has 0 heterocycles. The number of ether oxygens (including phenoxy) is 2. The summed E-state index contributed by atoms with van der Waals surface area (Å²) >= 11 is 23.3. The maximum atomic E-state index is 12.6. The van der Waals surface area contributed by atoms with E-state index in [1.54, 1.807) is 170 Å². The third kappa shape index (κ3) is 13.1. The van der Waals surface area contributed by atoms with Crippen LogP contribution in [0.1, 0.15) is 47.8 Å². The van der Waals surface area contributed by atoms with Crippen molar-refractivity contribution in [2.24, 2.45) is 0 Å². The predicted octanol–water partition coefficient (Wildman–Crippen LogP) is 14.4. The summed E-state index contributed by atoms with van der Waals surface area (Å²) in [6.45, 7) is 0. The Labute approximate surface area is 377 Å². The van der Waals surface area contributed by atoms with Crippen molar-refractivity contribution < 1.29 is 34.1 Å². The zero-order valence-corrected chi connectivity index (χ0v) is 35.4. The fourth-order valence-electron chi connectivity index (χ4n) is 5.55. The van der Waals surface area contributed by atoms with Crippen molar-refractivity contribution >= 4 is 63.8 Å². The van der Waals surface area contributed by atoms with E-state index in [2.05, 4.69) is 0 Å². The highest BCUT2D eigenvalue weighted by atomic mass is 35.5. The number of halogens is 4. The lowest BCUT2D eigenvalue weighted by molar-refractivity contribution is 0.103. The number of benzene rings is 8. The van der Waals surface area contributed by atoms with Crippen molar-refractivity contribution in [2.45, 2.75) is 0 Å². The van der Waals surface area contributed by atoms with E-state index in [0.29, 0.717) is 76.5 Å². The van der Waals surface area contributed by atoms with Crippen molar-refractivity contribution in [3.63, 3.8) is 0 Å². The Bertz CT molecular complexity index is 2530. The monoisotopic (exact) mass is 898 g/mol. The van der Waals surface area contributed by atoms with Crippen LogP contribution in [0, 0.1) is 0 Å². The molecule has 0 spiro atoms. The van der Waals surface area contributed by atoms with E-state index in [9.17, 15) is 14.4 Å². The first-order valence-corrected chi connectivity index (χ1v) is 20.2. The number of phenols is 2. The second kappa shape index (κ2) is 21.6. The molecule has 0 saturated carbocycles. The summed E-state index contributed by atoms with van der Waals surface area (Å²) in [7, 11) is 0. The summed E-state index contributed by atoms with van der Waals surface area (Å²) in [6.07, 6.45) is 0. The van der Waals surface area contributed by atoms with Crippen LogP contribution in [-0.2, 0) is 0 Å². The highest BCUT2D eigenvalue weighted by Crippen LogP contribution is 2.28. The summed E-state index contributed by atoms with van der Waals surface area (Å²) in [6, 6.07) is 54.0. The Kier molecular flexibility index (Phi) is 15.6. The number of hydrogen-bond donors (Lipinski definition) is 2. The van der Waals surface area contributed by atoms with Gasteiger partial charge in [-0.2, -0.15) is 0 Å². The lowest BCUT2D eigenvalue weighted by Gasteiger charge is -2.09. The summed E-state index contributed by atoms with van der Waals surface area (Å²) in [5.41, 5.74) is 3.50. The molecule has 0 unspecified atom stereocenters. The minimum absolute atomic E-state index is 0.0340. The van der Waals surface area contributed by atoms with Crippen molar-refractivity contribution in [3.05, 3.63) is 248 Å². The molecular weight excluding hydrogens is 866 g/mol. The van der Waals surface area contributed by atoms with Gasteiger partial charge in [0.15, 0.2) is 17.3 Å². The number of rotatable bonds is 10. The van der Waals surface area contributed by atoms with Crippen LogP contribution in [0.25, 0.3) is 0 Å². The van der Waals surface area contributed by atoms with Crippen molar-refractivity contribution in [2.75, 3.05) is 0 Å². The molecule has 8 aromatic rings. The van der Waals surface area contributed by atoms with Gasteiger partial charge in [-0.3, -0.25) is 14.4 Å². The Hall–Kier alpha value is -6.87. The van der Waals surface area contributed by atoms with Gasteiger partial charge >= 0.3 is 0 Å². The van der Waals surface area contributed by atoms with Gasteiger partial charge in [0.2, 0.25) is 0 Å². The van der Waals surface area contributed by atoms with Gasteiger partial charge in [-0.05, 0) is 194 Å². The molecule has 0 radical (unpaired) electrons. The van der Waals surface area contributed by atoms with Gasteiger partial charge in [-0.15, -0.1) is 0 Å². The van der Waals surface area contributed by atoms with Crippen LogP contribution in [-0.4, -0.2) is 27.6 Å². The second-order valence-corrected chi connectivity index (χ2v) is 15.0. The lowest BCUT2D eigenvalue weighted by atomic mass is 10.0. The summed E-state index contributed by atoms with van der Waals surface area (Å²) in [5.74, 6) is 2.59. The normalized spacial score (nSPS) is 10.3. The third-order valence-electron chi connectivity index (χ3n) is 8.80. The number of aromatic hydroxyl groups is 2. The molecule has 0 saturated heterocycles. The van der Waals surface area contributed by atoms with Crippen LogP contribution in [0.5, 0.6) is 34.5 Å². The molecule has 8 aromatic carbocycles. The second-order valence-electron chi connectivity index (χ2n) is 13.3. The van der Waals surface area contributed by atoms with Crippen molar-refractivity contribution in [1.82, 2.24) is 0 Å². The molecule has 0 amide bonds. The van der Waals surface area contributed by atoms with Crippen LogP contribution in [0.3, 0.4) is 0 Å². The minimum Gasteiger partial charge on any atom is -0.508 e. The molecule has 7 nitrogen and oxygen atoms in total. The highest BCUT2D eigenvalue weighted by Gasteiger charge is 2.12. The topological polar surface area (TPSA) is 110 Å². The van der Waals surface area contributed by atoms with Gasteiger partial charge in [-0.25, -0.2) is 0 Å². The number of hydrogen-bond acceptors (Lipinski definition) is 7. The van der Waals surface area contributed by atoms with Crippen molar-refractivity contribution in [1.29, 1.82) is 0 Å². The molecule has 62 heavy (non-hydrogen) atoms.